The van der Waals surface area contributed by atoms with Crippen molar-refractivity contribution in [2.45, 2.75) is 57.5 Å². The van der Waals surface area contributed by atoms with Crippen LogP contribution in [-0.4, -0.2) is 48.6 Å². The Morgan fingerprint density at radius 1 is 1.14 bits per heavy atom. The van der Waals surface area contributed by atoms with Gasteiger partial charge in [-0.05, 0) is 60.6 Å². The molecule has 0 radical (unpaired) electrons. The van der Waals surface area contributed by atoms with Gasteiger partial charge in [0, 0.05) is 22.5 Å². The molecule has 0 bridgehead atoms. The van der Waals surface area contributed by atoms with Crippen LogP contribution in [0.1, 0.15) is 62.6 Å². The highest BCUT2D eigenvalue weighted by Gasteiger charge is 2.55. The molecule has 0 spiro atoms. The van der Waals surface area contributed by atoms with Crippen LogP contribution >= 0.6 is 23.2 Å². The average Bonchev–Trinajstić information content (AvgIpc) is 3.65. The minimum Gasteiger partial charge on any atom is -0.481 e. The molecule has 200 valence electrons. The van der Waals surface area contributed by atoms with Crippen molar-refractivity contribution in [2.75, 3.05) is 12.3 Å². The van der Waals surface area contributed by atoms with Crippen molar-refractivity contribution in [1.29, 1.82) is 0 Å². The third kappa shape index (κ3) is 6.30. The molecule has 1 heterocycles. The molecule has 1 amide bonds. The Labute approximate surface area is 228 Å². The van der Waals surface area contributed by atoms with Crippen LogP contribution in [0.4, 0.5) is 0 Å². The maximum atomic E-state index is 14.3. The van der Waals surface area contributed by atoms with Gasteiger partial charge in [0.15, 0.2) is 0 Å². The smallest absolute Gasteiger partial charge is 0.304 e. The molecule has 37 heavy (non-hydrogen) atoms. The molecule has 1 saturated heterocycles. The number of nitrogens with one attached hydrogen (secondary N) is 1. The van der Waals surface area contributed by atoms with Gasteiger partial charge in [0.1, 0.15) is 0 Å². The van der Waals surface area contributed by atoms with E-state index in [9.17, 15) is 23.1 Å². The van der Waals surface area contributed by atoms with Gasteiger partial charge in [0.25, 0.3) is 0 Å². The fourth-order valence-corrected chi connectivity index (χ4v) is 7.44. The van der Waals surface area contributed by atoms with Crippen LogP contribution < -0.4 is 4.72 Å². The second-order valence-corrected chi connectivity index (χ2v) is 13.1. The molecular formula is C27H32Cl2N2O5S. The summed E-state index contributed by atoms with van der Waals surface area (Å²) in [5, 5.41) is 10.8. The Kier molecular flexibility index (Phi) is 8.24. The van der Waals surface area contributed by atoms with E-state index < -0.39 is 33.5 Å². The number of piperidine rings is 1. The first-order chi connectivity index (χ1) is 17.4. The lowest BCUT2D eigenvalue weighted by Gasteiger charge is -2.52. The van der Waals surface area contributed by atoms with Crippen LogP contribution in [0.5, 0.6) is 0 Å². The van der Waals surface area contributed by atoms with Crippen molar-refractivity contribution in [1.82, 2.24) is 9.62 Å². The van der Waals surface area contributed by atoms with Crippen LogP contribution in [0.25, 0.3) is 0 Å². The number of hydrogen-bond acceptors (Lipinski definition) is 4. The number of halogens is 2. The molecule has 1 aliphatic heterocycles. The zero-order valence-corrected chi connectivity index (χ0v) is 23.2. The van der Waals surface area contributed by atoms with E-state index in [1.54, 1.807) is 36.9 Å². The summed E-state index contributed by atoms with van der Waals surface area (Å²) in [7, 11) is -3.67. The highest BCUT2D eigenvalue weighted by atomic mass is 35.5. The second-order valence-electron chi connectivity index (χ2n) is 10.4. The third-order valence-electron chi connectivity index (χ3n) is 7.41. The summed E-state index contributed by atoms with van der Waals surface area (Å²) in [6.45, 7) is 3.64. The Balaban J connectivity index is 1.92. The van der Waals surface area contributed by atoms with Crippen molar-refractivity contribution >= 4 is 45.1 Å². The summed E-state index contributed by atoms with van der Waals surface area (Å²) in [5.74, 6) is -1.96. The minimum absolute atomic E-state index is 0.0133. The first-order valence-corrected chi connectivity index (χ1v) is 14.9. The normalized spacial score (nSPS) is 25.2. The SMILES string of the molecule is CCNS(=O)(=O)C[C@H](C1CC1)N1C(=O)[C@@](C)(CC(=O)O)C[C@H](c2cccc(Cl)c2)[C@H]1c1ccc(Cl)cc1. The van der Waals surface area contributed by atoms with E-state index in [-0.39, 0.29) is 42.9 Å². The van der Waals surface area contributed by atoms with E-state index in [4.69, 9.17) is 23.2 Å². The van der Waals surface area contributed by atoms with Gasteiger partial charge in [-0.2, -0.15) is 0 Å². The van der Waals surface area contributed by atoms with Crippen LogP contribution in [0, 0.1) is 11.3 Å². The standard InChI is InChI=1S/C27H32Cl2N2O5S/c1-3-30-37(35,36)16-23(17-7-8-17)31-25(18-9-11-20(28)12-10-18)22(19-5-4-6-21(29)13-19)14-27(2,26(31)34)15-24(32)33/h4-6,9-13,17,22-23,25,30H,3,7-8,14-16H2,1-2H3,(H,32,33)/t22-,23-,25-,27-/m1/s1. The number of carboxylic acids is 1. The first-order valence-electron chi connectivity index (χ1n) is 12.5. The number of carboxylic acid groups (broad SMARTS) is 1. The Bertz CT molecular complexity index is 1270. The van der Waals surface area contributed by atoms with Crippen LogP contribution in [0.15, 0.2) is 48.5 Å². The Morgan fingerprint density at radius 2 is 1.81 bits per heavy atom. The number of hydrogen-bond donors (Lipinski definition) is 2. The van der Waals surface area contributed by atoms with E-state index in [1.807, 2.05) is 30.3 Å². The van der Waals surface area contributed by atoms with E-state index in [2.05, 4.69) is 4.72 Å². The summed E-state index contributed by atoms with van der Waals surface area (Å²) < 4.78 is 28.5. The van der Waals surface area contributed by atoms with Crippen molar-refractivity contribution in [2.24, 2.45) is 11.3 Å². The number of rotatable bonds is 10. The molecule has 10 heteroatoms. The highest BCUT2D eigenvalue weighted by molar-refractivity contribution is 7.89. The number of benzene rings is 2. The van der Waals surface area contributed by atoms with Crippen molar-refractivity contribution in [3.63, 3.8) is 0 Å². The maximum Gasteiger partial charge on any atom is 0.304 e. The first kappa shape index (κ1) is 27.9. The fraction of sp³-hybridized carbons (Fsp3) is 0.481. The number of sulfonamides is 1. The van der Waals surface area contributed by atoms with Gasteiger partial charge < -0.3 is 10.0 Å². The Morgan fingerprint density at radius 3 is 2.38 bits per heavy atom. The van der Waals surface area contributed by atoms with Gasteiger partial charge in [-0.15, -0.1) is 0 Å². The van der Waals surface area contributed by atoms with Gasteiger partial charge >= 0.3 is 5.97 Å². The molecule has 2 aliphatic rings. The topological polar surface area (TPSA) is 104 Å². The molecule has 0 aromatic heterocycles. The van der Waals surface area contributed by atoms with E-state index in [1.165, 1.54) is 0 Å². The van der Waals surface area contributed by atoms with Gasteiger partial charge in [0.2, 0.25) is 15.9 Å². The molecule has 4 atom stereocenters. The van der Waals surface area contributed by atoms with Crippen LogP contribution in [0.3, 0.4) is 0 Å². The summed E-state index contributed by atoms with van der Waals surface area (Å²) in [6.07, 6.45) is 1.53. The summed E-state index contributed by atoms with van der Waals surface area (Å²) >= 11 is 12.6. The summed E-state index contributed by atoms with van der Waals surface area (Å²) in [6, 6.07) is 13.4. The molecule has 1 aliphatic carbocycles. The van der Waals surface area contributed by atoms with Crippen molar-refractivity contribution in [3.8, 4) is 0 Å². The number of amides is 1. The Hall–Kier alpha value is -2.13. The van der Waals surface area contributed by atoms with E-state index >= 15 is 0 Å². The van der Waals surface area contributed by atoms with Gasteiger partial charge in [-0.3, -0.25) is 9.59 Å². The average molecular weight is 568 g/mol. The lowest BCUT2D eigenvalue weighted by molar-refractivity contribution is -0.160. The second kappa shape index (κ2) is 10.9. The lowest BCUT2D eigenvalue weighted by atomic mass is 9.67. The van der Waals surface area contributed by atoms with E-state index in [0.29, 0.717) is 10.0 Å². The van der Waals surface area contributed by atoms with Gasteiger partial charge in [0.05, 0.1) is 29.7 Å². The zero-order chi connectivity index (χ0) is 27.0. The number of likely N-dealkylation sites (tertiary alicyclic amines) is 1. The molecular weight excluding hydrogens is 535 g/mol. The molecule has 1 saturated carbocycles. The highest BCUT2D eigenvalue weighted by Crippen LogP contribution is 2.54. The van der Waals surface area contributed by atoms with Crippen LogP contribution in [0.2, 0.25) is 10.0 Å². The maximum absolute atomic E-state index is 14.3. The molecule has 2 aromatic carbocycles. The molecule has 7 nitrogen and oxygen atoms in total. The number of carbonyl (C=O) groups excluding carboxylic acids is 1. The van der Waals surface area contributed by atoms with E-state index in [0.717, 1.165) is 24.0 Å². The number of carbonyl (C=O) groups is 2. The predicted molar refractivity (Wildman–Crippen MR) is 144 cm³/mol. The van der Waals surface area contributed by atoms with Gasteiger partial charge in [-0.1, -0.05) is 61.3 Å². The third-order valence-corrected chi connectivity index (χ3v) is 9.41. The molecule has 2 fully saturated rings. The zero-order valence-electron chi connectivity index (χ0n) is 20.9. The fourth-order valence-electron chi connectivity index (χ4n) is 5.67. The largest absolute Gasteiger partial charge is 0.481 e. The van der Waals surface area contributed by atoms with Gasteiger partial charge in [-0.25, -0.2) is 13.1 Å². The number of aliphatic carboxylic acids is 1. The summed E-state index contributed by atoms with van der Waals surface area (Å²) in [5.41, 5.74) is 0.453. The monoisotopic (exact) mass is 566 g/mol. The molecule has 4 rings (SSSR count). The predicted octanol–water partition coefficient (Wildman–Crippen LogP) is 5.25. The summed E-state index contributed by atoms with van der Waals surface area (Å²) in [4.78, 5) is 27.9. The van der Waals surface area contributed by atoms with Crippen molar-refractivity contribution in [3.05, 3.63) is 69.7 Å². The number of nitrogens with zero attached hydrogens (tertiary/aromatic N) is 1. The molecule has 0 unspecified atom stereocenters. The molecule has 2 aromatic rings. The van der Waals surface area contributed by atoms with Crippen molar-refractivity contribution < 1.29 is 23.1 Å². The minimum atomic E-state index is -3.67. The van der Waals surface area contributed by atoms with Crippen LogP contribution in [-0.2, 0) is 19.6 Å². The lowest BCUT2D eigenvalue weighted by Crippen LogP contribution is -2.58. The molecule has 2 N–H and O–H groups in total. The quantitative estimate of drug-likeness (QED) is 0.408.